The van der Waals surface area contributed by atoms with Crippen LogP contribution in [0.3, 0.4) is 0 Å². The van der Waals surface area contributed by atoms with Gasteiger partial charge < -0.3 is 10.2 Å². The fraction of sp³-hybridized carbons (Fsp3) is 0.231. The minimum Gasteiger partial charge on any atom is -0.351 e. The molecule has 0 unspecified atom stereocenters. The standard InChI is InChI=1S/C26H23ClFN5O2/c27-19-10-11-21(20(28)14-19)31-25(34)18-8-5-13-32(16-18)24-26(35)33(15-17-6-2-1-3-7-17)23-22(30-24)9-4-12-29-23/h1-4,6-7,9-12,14,18H,5,8,13,15-16H2,(H,31,34)/t18-/m0/s1. The second-order valence-electron chi connectivity index (χ2n) is 8.56. The van der Waals surface area contributed by atoms with E-state index in [0.717, 1.165) is 11.6 Å². The number of carbonyl (C=O) groups is 1. The summed E-state index contributed by atoms with van der Waals surface area (Å²) in [6.07, 6.45) is 2.97. The van der Waals surface area contributed by atoms with Gasteiger partial charge in [0.05, 0.1) is 18.2 Å². The van der Waals surface area contributed by atoms with Crippen LogP contribution in [0.2, 0.25) is 5.02 Å². The Bertz CT molecular complexity index is 1440. The fourth-order valence-corrected chi connectivity index (χ4v) is 4.55. The van der Waals surface area contributed by atoms with Gasteiger partial charge in [-0.05, 0) is 48.7 Å². The van der Waals surface area contributed by atoms with Gasteiger partial charge >= 0.3 is 0 Å². The van der Waals surface area contributed by atoms with Gasteiger partial charge in [0.25, 0.3) is 5.56 Å². The monoisotopic (exact) mass is 491 g/mol. The van der Waals surface area contributed by atoms with Crippen molar-refractivity contribution in [3.05, 3.63) is 93.6 Å². The zero-order valence-electron chi connectivity index (χ0n) is 18.8. The molecule has 0 radical (unpaired) electrons. The number of benzene rings is 2. The van der Waals surface area contributed by atoms with Crippen LogP contribution in [0.1, 0.15) is 18.4 Å². The van der Waals surface area contributed by atoms with Gasteiger partial charge in [-0.3, -0.25) is 14.2 Å². The maximum absolute atomic E-state index is 14.2. The highest BCUT2D eigenvalue weighted by Gasteiger charge is 2.29. The van der Waals surface area contributed by atoms with Gasteiger partial charge in [0, 0.05) is 24.3 Å². The minimum atomic E-state index is -0.592. The molecule has 0 saturated carbocycles. The highest BCUT2D eigenvalue weighted by atomic mass is 35.5. The lowest BCUT2D eigenvalue weighted by Gasteiger charge is -2.32. The van der Waals surface area contributed by atoms with Crippen molar-refractivity contribution in [2.75, 3.05) is 23.3 Å². The first kappa shape index (κ1) is 23.0. The molecular weight excluding hydrogens is 469 g/mol. The number of halogens is 2. The Labute approximate surface area is 206 Å². The fourth-order valence-electron chi connectivity index (χ4n) is 4.39. The van der Waals surface area contributed by atoms with E-state index in [0.29, 0.717) is 43.6 Å². The molecule has 1 saturated heterocycles. The van der Waals surface area contributed by atoms with Gasteiger partial charge in [0.15, 0.2) is 11.5 Å². The quantitative estimate of drug-likeness (QED) is 0.445. The van der Waals surface area contributed by atoms with Crippen molar-refractivity contribution in [2.45, 2.75) is 19.4 Å². The molecule has 1 atom stereocenters. The van der Waals surface area contributed by atoms with Crippen LogP contribution in [0.25, 0.3) is 11.2 Å². The van der Waals surface area contributed by atoms with Crippen molar-refractivity contribution in [3.8, 4) is 0 Å². The van der Waals surface area contributed by atoms with Gasteiger partial charge in [0.1, 0.15) is 11.3 Å². The van der Waals surface area contributed by atoms with Crippen molar-refractivity contribution in [3.63, 3.8) is 0 Å². The van der Waals surface area contributed by atoms with E-state index < -0.39 is 11.7 Å². The zero-order valence-corrected chi connectivity index (χ0v) is 19.6. The van der Waals surface area contributed by atoms with Crippen molar-refractivity contribution in [1.82, 2.24) is 14.5 Å². The van der Waals surface area contributed by atoms with Gasteiger partial charge in [0.2, 0.25) is 5.91 Å². The lowest BCUT2D eigenvalue weighted by molar-refractivity contribution is -0.120. The summed E-state index contributed by atoms with van der Waals surface area (Å²) >= 11 is 5.81. The van der Waals surface area contributed by atoms with E-state index in [2.05, 4.69) is 15.3 Å². The van der Waals surface area contributed by atoms with Crippen molar-refractivity contribution in [1.29, 1.82) is 0 Å². The average molecular weight is 492 g/mol. The molecule has 1 aliphatic heterocycles. The number of nitrogens with zero attached hydrogens (tertiary/aromatic N) is 4. The molecule has 2 aromatic carbocycles. The Morgan fingerprint density at radius 2 is 1.97 bits per heavy atom. The molecule has 3 heterocycles. The van der Waals surface area contributed by atoms with Crippen LogP contribution < -0.4 is 15.8 Å². The molecule has 5 rings (SSSR count). The highest BCUT2D eigenvalue weighted by Crippen LogP contribution is 2.24. The Morgan fingerprint density at radius 1 is 1.14 bits per heavy atom. The predicted octanol–water partition coefficient (Wildman–Crippen LogP) is 4.49. The highest BCUT2D eigenvalue weighted by molar-refractivity contribution is 6.30. The SMILES string of the molecule is O=C(Nc1ccc(Cl)cc1F)[C@H]1CCCN(c2nc3cccnc3n(Cc3ccccc3)c2=O)C1. The molecule has 1 amide bonds. The van der Waals surface area contributed by atoms with Crippen LogP contribution in [0, 0.1) is 11.7 Å². The first-order valence-corrected chi connectivity index (χ1v) is 11.8. The average Bonchev–Trinajstić information content (AvgIpc) is 2.88. The summed E-state index contributed by atoms with van der Waals surface area (Å²) in [5.41, 5.74) is 1.91. The Morgan fingerprint density at radius 3 is 2.77 bits per heavy atom. The molecule has 2 aromatic heterocycles. The molecule has 1 aliphatic rings. The third-order valence-corrected chi connectivity index (χ3v) is 6.38. The number of aromatic nitrogens is 3. The van der Waals surface area contributed by atoms with Crippen LogP contribution >= 0.6 is 11.6 Å². The number of nitrogens with one attached hydrogen (secondary N) is 1. The van der Waals surface area contributed by atoms with E-state index in [4.69, 9.17) is 11.6 Å². The number of carbonyl (C=O) groups excluding carboxylic acids is 1. The molecule has 0 bridgehead atoms. The molecule has 35 heavy (non-hydrogen) atoms. The van der Waals surface area contributed by atoms with E-state index in [1.807, 2.05) is 41.3 Å². The summed E-state index contributed by atoms with van der Waals surface area (Å²) in [5.74, 6) is -1.03. The van der Waals surface area contributed by atoms with E-state index in [1.165, 1.54) is 12.1 Å². The largest absolute Gasteiger partial charge is 0.351 e. The number of rotatable bonds is 5. The lowest BCUT2D eigenvalue weighted by Crippen LogP contribution is -2.44. The van der Waals surface area contributed by atoms with Crippen LogP contribution in [0.5, 0.6) is 0 Å². The molecule has 9 heteroatoms. The van der Waals surface area contributed by atoms with E-state index in [9.17, 15) is 14.0 Å². The second-order valence-corrected chi connectivity index (χ2v) is 8.99. The van der Waals surface area contributed by atoms with Gasteiger partial charge in [-0.15, -0.1) is 0 Å². The molecule has 7 nitrogen and oxygen atoms in total. The van der Waals surface area contributed by atoms with E-state index in [-0.39, 0.29) is 28.0 Å². The molecular formula is C26H23ClFN5O2. The van der Waals surface area contributed by atoms with Crippen molar-refractivity contribution in [2.24, 2.45) is 5.92 Å². The number of hydrogen-bond donors (Lipinski definition) is 1. The van der Waals surface area contributed by atoms with Crippen LogP contribution in [0.15, 0.2) is 71.7 Å². The summed E-state index contributed by atoms with van der Waals surface area (Å²) in [4.78, 5) is 37.4. The summed E-state index contributed by atoms with van der Waals surface area (Å²) in [6.45, 7) is 1.26. The number of pyridine rings is 1. The smallest absolute Gasteiger partial charge is 0.295 e. The number of hydrogen-bond acceptors (Lipinski definition) is 5. The Balaban J connectivity index is 1.44. The van der Waals surface area contributed by atoms with Gasteiger partial charge in [-0.25, -0.2) is 14.4 Å². The molecule has 178 valence electrons. The maximum Gasteiger partial charge on any atom is 0.295 e. The normalized spacial score (nSPS) is 15.8. The summed E-state index contributed by atoms with van der Waals surface area (Å²) in [5, 5.41) is 2.91. The molecule has 1 N–H and O–H groups in total. The first-order chi connectivity index (χ1) is 17.0. The third kappa shape index (κ3) is 4.88. The number of anilines is 2. The summed E-state index contributed by atoms with van der Waals surface area (Å²) < 4.78 is 15.8. The van der Waals surface area contributed by atoms with E-state index in [1.54, 1.807) is 16.8 Å². The minimum absolute atomic E-state index is 0.0802. The summed E-state index contributed by atoms with van der Waals surface area (Å²) in [6, 6.07) is 17.4. The number of piperidine rings is 1. The summed E-state index contributed by atoms with van der Waals surface area (Å²) in [7, 11) is 0. The molecule has 0 aliphatic carbocycles. The number of fused-ring (bicyclic) bond motifs is 1. The zero-order chi connectivity index (χ0) is 24.4. The Kier molecular flexibility index (Phi) is 6.46. The van der Waals surface area contributed by atoms with Crippen LogP contribution in [-0.4, -0.2) is 33.5 Å². The van der Waals surface area contributed by atoms with Gasteiger partial charge in [-0.1, -0.05) is 41.9 Å². The third-order valence-electron chi connectivity index (χ3n) is 6.15. The van der Waals surface area contributed by atoms with Gasteiger partial charge in [-0.2, -0.15) is 0 Å². The first-order valence-electron chi connectivity index (χ1n) is 11.4. The number of amides is 1. The second kappa shape index (κ2) is 9.84. The topological polar surface area (TPSA) is 80.1 Å². The van der Waals surface area contributed by atoms with Crippen molar-refractivity contribution >= 4 is 40.2 Å². The van der Waals surface area contributed by atoms with Crippen LogP contribution in [-0.2, 0) is 11.3 Å². The van der Waals surface area contributed by atoms with Crippen molar-refractivity contribution < 1.29 is 9.18 Å². The predicted molar refractivity (Wildman–Crippen MR) is 134 cm³/mol. The molecule has 0 spiro atoms. The molecule has 4 aromatic rings. The van der Waals surface area contributed by atoms with Crippen LogP contribution in [0.4, 0.5) is 15.9 Å². The lowest BCUT2D eigenvalue weighted by atomic mass is 9.97. The van der Waals surface area contributed by atoms with E-state index >= 15 is 0 Å². The molecule has 1 fully saturated rings. The Hall–Kier alpha value is -3.78. The maximum atomic E-state index is 14.2.